The Labute approximate surface area is 94.2 Å². The first-order valence-corrected chi connectivity index (χ1v) is 5.41. The molecule has 4 nitrogen and oxygen atoms in total. The van der Waals surface area contributed by atoms with Crippen molar-refractivity contribution in [1.82, 2.24) is 4.98 Å². The van der Waals surface area contributed by atoms with E-state index in [-0.39, 0.29) is 18.0 Å². The fraction of sp³-hybridized carbons (Fsp3) is 0.545. The standard InChI is InChI=1S/C11H16FN3O/c1-8-7-16-9(5-13)6-15(8)11-10(12)3-2-4-14-11/h2-4,8-9H,5-7,13H2,1H3. The van der Waals surface area contributed by atoms with E-state index in [1.165, 1.54) is 6.07 Å². The molecule has 1 saturated heterocycles. The second-order valence-electron chi connectivity index (χ2n) is 4.00. The van der Waals surface area contributed by atoms with E-state index in [0.29, 0.717) is 25.5 Å². The van der Waals surface area contributed by atoms with Crippen molar-refractivity contribution >= 4 is 5.82 Å². The van der Waals surface area contributed by atoms with Crippen LogP contribution in [0.5, 0.6) is 0 Å². The molecule has 88 valence electrons. The molecule has 1 aromatic heterocycles. The van der Waals surface area contributed by atoms with Crippen LogP contribution < -0.4 is 10.6 Å². The molecular weight excluding hydrogens is 209 g/mol. The van der Waals surface area contributed by atoms with Crippen molar-refractivity contribution in [3.63, 3.8) is 0 Å². The fourth-order valence-corrected chi connectivity index (χ4v) is 1.84. The van der Waals surface area contributed by atoms with Crippen LogP contribution in [-0.4, -0.2) is 36.8 Å². The number of nitrogens with zero attached hydrogens (tertiary/aromatic N) is 2. The minimum absolute atomic E-state index is 0.0439. The number of anilines is 1. The first-order valence-electron chi connectivity index (χ1n) is 5.41. The Kier molecular flexibility index (Phi) is 3.36. The number of hydrogen-bond acceptors (Lipinski definition) is 4. The third-order valence-corrected chi connectivity index (χ3v) is 2.78. The molecule has 2 atom stereocenters. The number of nitrogens with two attached hydrogens (primary N) is 1. The van der Waals surface area contributed by atoms with Crippen molar-refractivity contribution in [1.29, 1.82) is 0 Å². The summed E-state index contributed by atoms with van der Waals surface area (Å²) in [6.07, 6.45) is 1.55. The number of hydrogen-bond donors (Lipinski definition) is 1. The Hall–Kier alpha value is -1.20. The highest BCUT2D eigenvalue weighted by Crippen LogP contribution is 2.21. The van der Waals surface area contributed by atoms with Gasteiger partial charge in [-0.15, -0.1) is 0 Å². The zero-order chi connectivity index (χ0) is 11.5. The highest BCUT2D eigenvalue weighted by Gasteiger charge is 2.27. The molecule has 0 aliphatic carbocycles. The van der Waals surface area contributed by atoms with E-state index in [9.17, 15) is 4.39 Å². The van der Waals surface area contributed by atoms with Crippen LogP contribution >= 0.6 is 0 Å². The summed E-state index contributed by atoms with van der Waals surface area (Å²) in [6, 6.07) is 3.12. The number of morpholine rings is 1. The van der Waals surface area contributed by atoms with E-state index in [0.717, 1.165) is 0 Å². The van der Waals surface area contributed by atoms with Crippen molar-refractivity contribution < 1.29 is 9.13 Å². The van der Waals surface area contributed by atoms with Crippen LogP contribution in [0.4, 0.5) is 10.2 Å². The average Bonchev–Trinajstić information content (AvgIpc) is 2.31. The molecule has 2 rings (SSSR count). The first-order chi connectivity index (χ1) is 7.72. The highest BCUT2D eigenvalue weighted by atomic mass is 19.1. The van der Waals surface area contributed by atoms with Gasteiger partial charge in [-0.3, -0.25) is 0 Å². The van der Waals surface area contributed by atoms with Gasteiger partial charge in [-0.1, -0.05) is 0 Å². The Balaban J connectivity index is 2.21. The molecule has 5 heteroatoms. The molecule has 1 aliphatic heterocycles. The molecule has 1 aliphatic rings. The highest BCUT2D eigenvalue weighted by molar-refractivity contribution is 5.41. The number of pyridine rings is 1. The van der Waals surface area contributed by atoms with Gasteiger partial charge in [0.1, 0.15) is 0 Å². The molecule has 1 aromatic rings. The summed E-state index contributed by atoms with van der Waals surface area (Å²) < 4.78 is 19.1. The Morgan fingerprint density at radius 2 is 2.50 bits per heavy atom. The first kappa shape index (κ1) is 11.3. The lowest BCUT2D eigenvalue weighted by Gasteiger charge is -2.38. The van der Waals surface area contributed by atoms with E-state index >= 15 is 0 Å². The zero-order valence-electron chi connectivity index (χ0n) is 9.27. The molecule has 0 radical (unpaired) electrons. The van der Waals surface area contributed by atoms with E-state index in [2.05, 4.69) is 4.98 Å². The maximum atomic E-state index is 13.6. The topological polar surface area (TPSA) is 51.4 Å². The predicted molar refractivity (Wildman–Crippen MR) is 59.8 cm³/mol. The summed E-state index contributed by atoms with van der Waals surface area (Å²) in [6.45, 7) is 3.57. The fourth-order valence-electron chi connectivity index (χ4n) is 1.84. The van der Waals surface area contributed by atoms with Crippen LogP contribution in [0, 0.1) is 5.82 Å². The van der Waals surface area contributed by atoms with E-state index < -0.39 is 0 Å². The predicted octanol–water partition coefficient (Wildman–Crippen LogP) is 0.773. The molecule has 0 saturated carbocycles. The minimum atomic E-state index is -0.299. The second-order valence-corrected chi connectivity index (χ2v) is 4.00. The van der Waals surface area contributed by atoms with Crippen LogP contribution in [0.2, 0.25) is 0 Å². The van der Waals surface area contributed by atoms with Crippen molar-refractivity contribution in [2.24, 2.45) is 5.73 Å². The van der Waals surface area contributed by atoms with Gasteiger partial charge in [0.15, 0.2) is 11.6 Å². The average molecular weight is 225 g/mol. The summed E-state index contributed by atoms with van der Waals surface area (Å²) in [7, 11) is 0. The van der Waals surface area contributed by atoms with E-state index in [1.54, 1.807) is 12.3 Å². The maximum Gasteiger partial charge on any atom is 0.165 e. The van der Waals surface area contributed by atoms with Crippen molar-refractivity contribution in [3.05, 3.63) is 24.1 Å². The third kappa shape index (κ3) is 2.15. The molecule has 0 bridgehead atoms. The summed E-state index contributed by atoms with van der Waals surface area (Å²) in [5.41, 5.74) is 5.56. The molecule has 16 heavy (non-hydrogen) atoms. The Bertz CT molecular complexity index is 361. The molecule has 0 amide bonds. The molecule has 0 aromatic carbocycles. The van der Waals surface area contributed by atoms with Gasteiger partial charge in [0.25, 0.3) is 0 Å². The number of aromatic nitrogens is 1. The summed E-state index contributed by atoms with van der Waals surface area (Å²) >= 11 is 0. The largest absolute Gasteiger partial charge is 0.373 e. The van der Waals surface area contributed by atoms with Crippen LogP contribution in [-0.2, 0) is 4.74 Å². The lowest BCUT2D eigenvalue weighted by atomic mass is 10.2. The SMILES string of the molecule is CC1COC(CN)CN1c1ncccc1F. The van der Waals surface area contributed by atoms with Crippen molar-refractivity contribution in [2.45, 2.75) is 19.1 Å². The van der Waals surface area contributed by atoms with E-state index in [1.807, 2.05) is 11.8 Å². The normalized spacial score (nSPS) is 25.8. The second kappa shape index (κ2) is 4.76. The molecule has 2 unspecified atom stereocenters. The minimum Gasteiger partial charge on any atom is -0.373 e. The lowest BCUT2D eigenvalue weighted by molar-refractivity contribution is 0.0277. The van der Waals surface area contributed by atoms with Gasteiger partial charge in [-0.2, -0.15) is 0 Å². The number of halogens is 1. The monoisotopic (exact) mass is 225 g/mol. The Morgan fingerprint density at radius 3 is 3.19 bits per heavy atom. The maximum absolute atomic E-state index is 13.6. The van der Waals surface area contributed by atoms with Crippen molar-refractivity contribution in [3.8, 4) is 0 Å². The number of rotatable bonds is 2. The molecule has 2 heterocycles. The Morgan fingerprint density at radius 1 is 1.69 bits per heavy atom. The third-order valence-electron chi connectivity index (χ3n) is 2.78. The van der Waals surface area contributed by atoms with Gasteiger partial charge in [0, 0.05) is 19.3 Å². The van der Waals surface area contributed by atoms with Gasteiger partial charge in [-0.25, -0.2) is 9.37 Å². The van der Waals surface area contributed by atoms with Gasteiger partial charge in [-0.05, 0) is 19.1 Å². The molecule has 1 fully saturated rings. The van der Waals surface area contributed by atoms with E-state index in [4.69, 9.17) is 10.5 Å². The lowest BCUT2D eigenvalue weighted by Crippen LogP contribution is -2.51. The van der Waals surface area contributed by atoms with Crippen LogP contribution in [0.25, 0.3) is 0 Å². The van der Waals surface area contributed by atoms with Crippen LogP contribution in [0.1, 0.15) is 6.92 Å². The molecular formula is C11H16FN3O. The van der Waals surface area contributed by atoms with Crippen LogP contribution in [0.3, 0.4) is 0 Å². The summed E-state index contributed by atoms with van der Waals surface area (Å²) in [5, 5.41) is 0. The van der Waals surface area contributed by atoms with Crippen LogP contribution in [0.15, 0.2) is 18.3 Å². The van der Waals surface area contributed by atoms with Crippen molar-refractivity contribution in [2.75, 3.05) is 24.6 Å². The quantitative estimate of drug-likeness (QED) is 0.808. The van der Waals surface area contributed by atoms with Gasteiger partial charge in [0.05, 0.1) is 18.8 Å². The summed E-state index contributed by atoms with van der Waals surface area (Å²) in [5.74, 6) is 0.0868. The van der Waals surface area contributed by atoms with Gasteiger partial charge < -0.3 is 15.4 Å². The number of ether oxygens (including phenoxy) is 1. The molecule has 2 N–H and O–H groups in total. The summed E-state index contributed by atoms with van der Waals surface area (Å²) in [4.78, 5) is 5.99. The van der Waals surface area contributed by atoms with Gasteiger partial charge in [0.2, 0.25) is 0 Å². The molecule has 0 spiro atoms. The smallest absolute Gasteiger partial charge is 0.165 e. The van der Waals surface area contributed by atoms with Gasteiger partial charge >= 0.3 is 0 Å². The zero-order valence-corrected chi connectivity index (χ0v) is 9.27.